The molecule has 39 heavy (non-hydrogen) atoms. The quantitative estimate of drug-likeness (QED) is 0.327. The molecule has 2 heterocycles. The summed E-state index contributed by atoms with van der Waals surface area (Å²) in [5.41, 5.74) is 2.02. The fourth-order valence-corrected chi connectivity index (χ4v) is 5.93. The Hall–Kier alpha value is -4.37. The molecule has 0 amide bonds. The van der Waals surface area contributed by atoms with Gasteiger partial charge in [-0.05, 0) is 55.1 Å². The summed E-state index contributed by atoms with van der Waals surface area (Å²) in [7, 11) is 4.77. The molecular formula is C30H28N2O6S. The minimum atomic E-state index is -0.745. The minimum absolute atomic E-state index is 0.200. The van der Waals surface area contributed by atoms with E-state index in [1.165, 1.54) is 11.3 Å². The normalized spacial score (nSPS) is 15.1. The lowest BCUT2D eigenvalue weighted by Gasteiger charge is -2.26. The van der Waals surface area contributed by atoms with E-state index in [1.807, 2.05) is 36.4 Å². The number of allylic oxidation sites excluding steroid dienone is 1. The fourth-order valence-electron chi connectivity index (χ4n) is 4.89. The molecule has 0 saturated carbocycles. The summed E-state index contributed by atoms with van der Waals surface area (Å²) in [6.07, 6.45) is 1.76. The smallest absolute Gasteiger partial charge is 0.338 e. The van der Waals surface area contributed by atoms with Crippen molar-refractivity contribution in [1.82, 2.24) is 4.57 Å². The first-order chi connectivity index (χ1) is 18.9. The Bertz CT molecular complexity index is 1800. The van der Waals surface area contributed by atoms with E-state index in [4.69, 9.17) is 18.9 Å². The maximum atomic E-state index is 14.1. The number of ether oxygens (including phenoxy) is 4. The highest BCUT2D eigenvalue weighted by atomic mass is 32.1. The summed E-state index contributed by atoms with van der Waals surface area (Å²) < 4.78 is 23.9. The molecule has 1 aromatic heterocycles. The molecular weight excluding hydrogens is 516 g/mol. The van der Waals surface area contributed by atoms with Gasteiger partial charge in [0.15, 0.2) is 4.80 Å². The van der Waals surface area contributed by atoms with Gasteiger partial charge in [0.1, 0.15) is 17.2 Å². The Morgan fingerprint density at radius 2 is 1.72 bits per heavy atom. The average Bonchev–Trinajstić information content (AvgIpc) is 3.25. The van der Waals surface area contributed by atoms with Gasteiger partial charge in [-0.2, -0.15) is 0 Å². The molecule has 0 aliphatic carbocycles. The number of fused-ring (bicyclic) bond motifs is 2. The van der Waals surface area contributed by atoms with Crippen molar-refractivity contribution in [3.05, 3.63) is 96.7 Å². The molecule has 0 fully saturated rings. The lowest BCUT2D eigenvalue weighted by Crippen LogP contribution is -2.40. The first kappa shape index (κ1) is 26.2. The van der Waals surface area contributed by atoms with E-state index in [1.54, 1.807) is 64.0 Å². The molecule has 200 valence electrons. The first-order valence-corrected chi connectivity index (χ1v) is 13.2. The van der Waals surface area contributed by atoms with Crippen LogP contribution in [0.25, 0.3) is 16.8 Å². The zero-order valence-corrected chi connectivity index (χ0v) is 23.1. The molecule has 5 rings (SSSR count). The van der Waals surface area contributed by atoms with Gasteiger partial charge < -0.3 is 18.9 Å². The van der Waals surface area contributed by atoms with Crippen molar-refractivity contribution >= 4 is 34.2 Å². The summed E-state index contributed by atoms with van der Waals surface area (Å²) in [5.74, 6) is 1.43. The van der Waals surface area contributed by atoms with E-state index in [0.29, 0.717) is 43.4 Å². The number of aromatic nitrogens is 1. The van der Waals surface area contributed by atoms with E-state index < -0.39 is 12.0 Å². The van der Waals surface area contributed by atoms with Crippen LogP contribution in [0.1, 0.15) is 31.0 Å². The van der Waals surface area contributed by atoms with E-state index in [0.717, 1.165) is 16.3 Å². The topological polar surface area (TPSA) is 88.4 Å². The van der Waals surface area contributed by atoms with Crippen molar-refractivity contribution in [1.29, 1.82) is 0 Å². The Balaban J connectivity index is 1.81. The molecule has 0 spiro atoms. The number of rotatable bonds is 7. The van der Waals surface area contributed by atoms with Crippen LogP contribution in [0.2, 0.25) is 0 Å². The monoisotopic (exact) mass is 544 g/mol. The second kappa shape index (κ2) is 10.8. The molecule has 0 N–H and O–H groups in total. The zero-order chi connectivity index (χ0) is 27.7. The molecule has 0 saturated heterocycles. The van der Waals surface area contributed by atoms with Crippen LogP contribution in [-0.4, -0.2) is 38.5 Å². The Kier molecular flexibility index (Phi) is 7.26. The van der Waals surface area contributed by atoms with Gasteiger partial charge in [0, 0.05) is 10.9 Å². The molecule has 4 aromatic rings. The molecule has 0 unspecified atom stereocenters. The standard InChI is InChI=1S/C30H28N2O6S/c1-6-38-29(34)26-17(2)31-30-32(27(26)22-12-14-24(37-5)21-10-8-7-9-20(21)22)28(33)25(39-30)16-18-15-19(35-3)11-13-23(18)36-4/h7-16,27H,6H2,1-5H3/b25-16+/t27-/m1/s1. The Morgan fingerprint density at radius 3 is 2.41 bits per heavy atom. The molecule has 1 atom stereocenters. The second-order valence-electron chi connectivity index (χ2n) is 8.81. The largest absolute Gasteiger partial charge is 0.497 e. The van der Waals surface area contributed by atoms with E-state index in [9.17, 15) is 9.59 Å². The van der Waals surface area contributed by atoms with Crippen molar-refractivity contribution in [2.45, 2.75) is 19.9 Å². The molecule has 1 aliphatic heterocycles. The Labute approximate surface area is 229 Å². The van der Waals surface area contributed by atoms with Gasteiger partial charge in [0.05, 0.1) is 49.8 Å². The first-order valence-electron chi connectivity index (χ1n) is 12.4. The lowest BCUT2D eigenvalue weighted by atomic mass is 9.91. The van der Waals surface area contributed by atoms with Gasteiger partial charge in [0.25, 0.3) is 5.56 Å². The van der Waals surface area contributed by atoms with Crippen LogP contribution in [0.5, 0.6) is 17.2 Å². The predicted molar refractivity (Wildman–Crippen MR) is 150 cm³/mol. The number of thiazole rings is 1. The molecule has 9 heteroatoms. The molecule has 0 bridgehead atoms. The molecule has 1 aliphatic rings. The number of methoxy groups -OCH3 is 3. The van der Waals surface area contributed by atoms with Crippen LogP contribution in [-0.2, 0) is 9.53 Å². The fraction of sp³-hybridized carbons (Fsp3) is 0.233. The number of carbonyl (C=O) groups is 1. The number of hydrogen-bond acceptors (Lipinski definition) is 8. The van der Waals surface area contributed by atoms with Gasteiger partial charge in [-0.1, -0.05) is 41.7 Å². The summed E-state index contributed by atoms with van der Waals surface area (Å²) in [5, 5.41) is 1.74. The summed E-state index contributed by atoms with van der Waals surface area (Å²) in [4.78, 5) is 32.5. The molecule has 8 nitrogen and oxygen atoms in total. The highest BCUT2D eigenvalue weighted by Crippen LogP contribution is 2.38. The number of carbonyl (C=O) groups excluding carboxylic acids is 1. The third-order valence-corrected chi connectivity index (χ3v) is 7.66. The highest BCUT2D eigenvalue weighted by Gasteiger charge is 2.34. The van der Waals surface area contributed by atoms with Crippen molar-refractivity contribution < 1.29 is 23.7 Å². The van der Waals surface area contributed by atoms with Crippen molar-refractivity contribution in [2.75, 3.05) is 27.9 Å². The third kappa shape index (κ3) is 4.59. The zero-order valence-electron chi connectivity index (χ0n) is 22.3. The van der Waals surface area contributed by atoms with E-state index >= 15 is 0 Å². The number of esters is 1. The van der Waals surface area contributed by atoms with Gasteiger partial charge in [-0.3, -0.25) is 9.36 Å². The van der Waals surface area contributed by atoms with E-state index in [-0.39, 0.29) is 12.2 Å². The van der Waals surface area contributed by atoms with Crippen LogP contribution < -0.4 is 29.1 Å². The van der Waals surface area contributed by atoms with Crippen molar-refractivity contribution in [3.63, 3.8) is 0 Å². The van der Waals surface area contributed by atoms with Gasteiger partial charge in [-0.25, -0.2) is 9.79 Å². The molecule has 0 radical (unpaired) electrons. The number of hydrogen-bond donors (Lipinski definition) is 0. The highest BCUT2D eigenvalue weighted by molar-refractivity contribution is 7.07. The van der Waals surface area contributed by atoms with Gasteiger partial charge >= 0.3 is 5.97 Å². The average molecular weight is 545 g/mol. The minimum Gasteiger partial charge on any atom is -0.497 e. The Morgan fingerprint density at radius 1 is 1.00 bits per heavy atom. The molecule has 3 aromatic carbocycles. The van der Waals surface area contributed by atoms with E-state index in [2.05, 4.69) is 4.99 Å². The summed E-state index contributed by atoms with van der Waals surface area (Å²) >= 11 is 1.25. The van der Waals surface area contributed by atoms with Crippen LogP contribution in [0.15, 0.2) is 75.7 Å². The summed E-state index contributed by atoms with van der Waals surface area (Å²) in [6, 6.07) is 16.2. The SMILES string of the molecule is CCOC(=O)C1=C(C)N=c2s/c(=C/c3cc(OC)ccc3OC)c(=O)n2[C@@H]1c1ccc(OC)c2ccccc12. The van der Waals surface area contributed by atoms with Crippen LogP contribution in [0.3, 0.4) is 0 Å². The van der Waals surface area contributed by atoms with Crippen molar-refractivity contribution in [2.24, 2.45) is 4.99 Å². The summed E-state index contributed by atoms with van der Waals surface area (Å²) in [6.45, 7) is 3.72. The lowest BCUT2D eigenvalue weighted by molar-refractivity contribution is -0.139. The van der Waals surface area contributed by atoms with Crippen LogP contribution in [0.4, 0.5) is 0 Å². The van der Waals surface area contributed by atoms with Crippen LogP contribution >= 0.6 is 11.3 Å². The predicted octanol–water partition coefficient (Wildman–Crippen LogP) is 3.98. The third-order valence-electron chi connectivity index (χ3n) is 6.67. The number of benzene rings is 3. The maximum absolute atomic E-state index is 14.1. The maximum Gasteiger partial charge on any atom is 0.338 e. The second-order valence-corrected chi connectivity index (χ2v) is 9.82. The van der Waals surface area contributed by atoms with Gasteiger partial charge in [-0.15, -0.1) is 0 Å². The number of nitrogens with zero attached hydrogens (tertiary/aromatic N) is 2. The van der Waals surface area contributed by atoms with Crippen molar-refractivity contribution in [3.8, 4) is 17.2 Å². The van der Waals surface area contributed by atoms with Gasteiger partial charge in [0.2, 0.25) is 0 Å². The van der Waals surface area contributed by atoms with Crippen LogP contribution in [0, 0.1) is 0 Å².